The summed E-state index contributed by atoms with van der Waals surface area (Å²) in [5.41, 5.74) is 4.56. The maximum absolute atomic E-state index is 6.50. The minimum Gasteiger partial charge on any atom is -0.494 e. The van der Waals surface area contributed by atoms with E-state index in [-0.39, 0.29) is 12.3 Å². The van der Waals surface area contributed by atoms with Gasteiger partial charge in [0.05, 0.1) is 18.4 Å². The Bertz CT molecular complexity index is 1320. The molecule has 0 unspecified atom stereocenters. The van der Waals surface area contributed by atoms with Gasteiger partial charge in [0.2, 0.25) is 6.23 Å². The molecule has 4 nitrogen and oxygen atoms in total. The summed E-state index contributed by atoms with van der Waals surface area (Å²) < 4.78 is 12.3. The van der Waals surface area contributed by atoms with Gasteiger partial charge in [0.25, 0.3) is 0 Å². The van der Waals surface area contributed by atoms with Gasteiger partial charge in [0.1, 0.15) is 11.5 Å². The standard InChI is InChI=1S/C29H26N2O2/c1-2-18-32-22-16-14-21(15-17-22)29-31-27(25-11-5-6-13-28(25)33-29)19-26(30-31)24-12-7-9-20-8-3-4-10-23(20)24/h3-17,27,29H,2,18-19H2,1H3/t27-,29+/m0/s1. The molecule has 0 fully saturated rings. The molecule has 33 heavy (non-hydrogen) atoms. The van der Waals surface area contributed by atoms with E-state index in [2.05, 4.69) is 84.7 Å². The van der Waals surface area contributed by atoms with E-state index in [1.165, 1.54) is 21.9 Å². The molecule has 6 rings (SSSR count). The number of hydrazone groups is 1. The number of hydrogen-bond acceptors (Lipinski definition) is 4. The largest absolute Gasteiger partial charge is 0.494 e. The van der Waals surface area contributed by atoms with Crippen LogP contribution in [0.5, 0.6) is 11.5 Å². The molecule has 0 aromatic heterocycles. The van der Waals surface area contributed by atoms with Crippen molar-refractivity contribution in [2.24, 2.45) is 5.10 Å². The summed E-state index contributed by atoms with van der Waals surface area (Å²) in [5, 5.41) is 9.77. The van der Waals surface area contributed by atoms with Crippen LogP contribution in [0.3, 0.4) is 0 Å². The summed E-state index contributed by atoms with van der Waals surface area (Å²) in [6.45, 7) is 2.83. The molecule has 0 spiro atoms. The summed E-state index contributed by atoms with van der Waals surface area (Å²) >= 11 is 0. The maximum atomic E-state index is 6.50. The SMILES string of the molecule is CCCOc1ccc([C@H]2Oc3ccccc3[C@@H]3CC(c4cccc5ccccc45)=NN23)cc1. The van der Waals surface area contributed by atoms with Gasteiger partial charge in [-0.05, 0) is 47.5 Å². The van der Waals surface area contributed by atoms with Gasteiger partial charge in [-0.25, -0.2) is 5.01 Å². The molecule has 164 valence electrons. The number of ether oxygens (including phenoxy) is 2. The fourth-order valence-electron chi connectivity index (χ4n) is 4.84. The lowest BCUT2D eigenvalue weighted by molar-refractivity contribution is -0.0190. The van der Waals surface area contributed by atoms with E-state index >= 15 is 0 Å². The Balaban J connectivity index is 1.41. The molecule has 2 aliphatic heterocycles. The van der Waals surface area contributed by atoms with Crippen molar-refractivity contribution in [1.82, 2.24) is 5.01 Å². The highest BCUT2D eigenvalue weighted by molar-refractivity contribution is 6.11. The van der Waals surface area contributed by atoms with E-state index in [9.17, 15) is 0 Å². The van der Waals surface area contributed by atoms with E-state index < -0.39 is 0 Å². The Labute approximate surface area is 194 Å². The molecule has 0 amide bonds. The van der Waals surface area contributed by atoms with Crippen LogP contribution in [0.2, 0.25) is 0 Å². The lowest BCUT2D eigenvalue weighted by Crippen LogP contribution is -2.33. The zero-order valence-electron chi connectivity index (χ0n) is 18.6. The number of rotatable bonds is 5. The number of para-hydroxylation sites is 1. The van der Waals surface area contributed by atoms with Crippen LogP contribution in [0.15, 0.2) is 96.1 Å². The highest BCUT2D eigenvalue weighted by atomic mass is 16.5. The van der Waals surface area contributed by atoms with E-state index in [1.807, 2.05) is 18.2 Å². The van der Waals surface area contributed by atoms with Crippen LogP contribution in [0.1, 0.15) is 48.7 Å². The molecule has 0 saturated heterocycles. The van der Waals surface area contributed by atoms with Gasteiger partial charge in [-0.15, -0.1) is 0 Å². The van der Waals surface area contributed by atoms with Crippen molar-refractivity contribution < 1.29 is 9.47 Å². The van der Waals surface area contributed by atoms with Gasteiger partial charge >= 0.3 is 0 Å². The van der Waals surface area contributed by atoms with Crippen LogP contribution >= 0.6 is 0 Å². The first kappa shape index (κ1) is 19.9. The summed E-state index contributed by atoms with van der Waals surface area (Å²) in [6.07, 6.45) is 1.56. The summed E-state index contributed by atoms with van der Waals surface area (Å²) in [4.78, 5) is 0. The van der Waals surface area contributed by atoms with Crippen molar-refractivity contribution in [3.8, 4) is 11.5 Å². The zero-order valence-corrected chi connectivity index (χ0v) is 18.6. The zero-order chi connectivity index (χ0) is 22.2. The highest BCUT2D eigenvalue weighted by Gasteiger charge is 2.41. The maximum Gasteiger partial charge on any atom is 0.213 e. The average Bonchev–Trinajstić information content (AvgIpc) is 3.33. The van der Waals surface area contributed by atoms with Gasteiger partial charge < -0.3 is 9.47 Å². The predicted octanol–water partition coefficient (Wildman–Crippen LogP) is 6.87. The number of fused-ring (bicyclic) bond motifs is 4. The first-order chi connectivity index (χ1) is 16.3. The van der Waals surface area contributed by atoms with Crippen molar-refractivity contribution in [2.75, 3.05) is 6.61 Å². The van der Waals surface area contributed by atoms with Gasteiger partial charge in [0.15, 0.2) is 0 Å². The third-order valence-electron chi connectivity index (χ3n) is 6.44. The van der Waals surface area contributed by atoms with E-state index in [4.69, 9.17) is 14.6 Å². The molecular formula is C29H26N2O2. The van der Waals surface area contributed by atoms with Crippen LogP contribution in [0, 0.1) is 0 Å². The Morgan fingerprint density at radius 2 is 1.70 bits per heavy atom. The molecule has 4 aromatic carbocycles. The molecule has 0 N–H and O–H groups in total. The molecule has 0 saturated carbocycles. The quantitative estimate of drug-likeness (QED) is 0.344. The molecule has 2 atom stereocenters. The second kappa shape index (κ2) is 8.28. The first-order valence-electron chi connectivity index (χ1n) is 11.6. The molecule has 4 aromatic rings. The highest BCUT2D eigenvalue weighted by Crippen LogP contribution is 2.47. The number of nitrogens with zero attached hydrogens (tertiary/aromatic N) is 2. The lowest BCUT2D eigenvalue weighted by atomic mass is 9.93. The Morgan fingerprint density at radius 1 is 0.909 bits per heavy atom. The van der Waals surface area contributed by atoms with Crippen molar-refractivity contribution in [3.05, 3.63) is 108 Å². The molecule has 0 aliphatic carbocycles. The van der Waals surface area contributed by atoms with Crippen molar-refractivity contribution >= 4 is 16.5 Å². The van der Waals surface area contributed by atoms with Crippen LogP contribution in [-0.2, 0) is 0 Å². The lowest BCUT2D eigenvalue weighted by Gasteiger charge is -2.38. The van der Waals surface area contributed by atoms with E-state index in [0.717, 1.165) is 42.2 Å². The second-order valence-electron chi connectivity index (χ2n) is 8.60. The van der Waals surface area contributed by atoms with Crippen LogP contribution in [0.4, 0.5) is 0 Å². The summed E-state index contributed by atoms with van der Waals surface area (Å²) in [5.74, 6) is 1.82. The fourth-order valence-corrected chi connectivity index (χ4v) is 4.84. The predicted molar refractivity (Wildman–Crippen MR) is 132 cm³/mol. The number of hydrogen-bond donors (Lipinski definition) is 0. The van der Waals surface area contributed by atoms with Crippen molar-refractivity contribution in [1.29, 1.82) is 0 Å². The summed E-state index contributed by atoms with van der Waals surface area (Å²) in [6, 6.07) is 31.7. The molecule has 0 radical (unpaired) electrons. The third kappa shape index (κ3) is 3.52. The summed E-state index contributed by atoms with van der Waals surface area (Å²) in [7, 11) is 0. The third-order valence-corrected chi connectivity index (χ3v) is 6.44. The van der Waals surface area contributed by atoms with Gasteiger partial charge in [-0.2, -0.15) is 5.10 Å². The topological polar surface area (TPSA) is 34.1 Å². The molecule has 2 aliphatic rings. The van der Waals surface area contributed by atoms with Crippen LogP contribution in [0.25, 0.3) is 10.8 Å². The number of benzene rings is 4. The average molecular weight is 435 g/mol. The minimum absolute atomic E-state index is 0.143. The Kier molecular flexibility index (Phi) is 4.99. The van der Waals surface area contributed by atoms with Gasteiger partial charge in [0, 0.05) is 23.1 Å². The minimum atomic E-state index is -0.280. The molecule has 0 bridgehead atoms. The smallest absolute Gasteiger partial charge is 0.213 e. The molecular weight excluding hydrogens is 408 g/mol. The Morgan fingerprint density at radius 3 is 2.58 bits per heavy atom. The van der Waals surface area contributed by atoms with E-state index in [1.54, 1.807) is 0 Å². The Hall–Kier alpha value is -3.79. The monoisotopic (exact) mass is 434 g/mol. The first-order valence-corrected chi connectivity index (χ1v) is 11.6. The normalized spacial score (nSPS) is 18.9. The van der Waals surface area contributed by atoms with Crippen molar-refractivity contribution in [2.45, 2.75) is 32.0 Å². The van der Waals surface area contributed by atoms with Crippen LogP contribution < -0.4 is 9.47 Å². The van der Waals surface area contributed by atoms with Crippen molar-refractivity contribution in [3.63, 3.8) is 0 Å². The second-order valence-corrected chi connectivity index (χ2v) is 8.60. The fraction of sp³-hybridized carbons (Fsp3) is 0.207. The van der Waals surface area contributed by atoms with Gasteiger partial charge in [-0.1, -0.05) is 67.6 Å². The molecule has 2 heterocycles. The van der Waals surface area contributed by atoms with E-state index in [0.29, 0.717) is 0 Å². The van der Waals surface area contributed by atoms with Crippen LogP contribution in [-0.4, -0.2) is 17.3 Å². The molecule has 4 heteroatoms. The van der Waals surface area contributed by atoms with Gasteiger partial charge in [-0.3, -0.25) is 0 Å².